The van der Waals surface area contributed by atoms with Gasteiger partial charge in [0.05, 0.1) is 0 Å². The maximum atomic E-state index is 12.8. The average molecular weight is 326 g/mol. The topological polar surface area (TPSA) is 49.4 Å². The molecule has 0 aliphatic rings. The molecule has 0 fully saturated rings. The van der Waals surface area contributed by atoms with E-state index in [4.69, 9.17) is 0 Å². The van der Waals surface area contributed by atoms with Gasteiger partial charge in [-0.05, 0) is 41.5 Å². The molecule has 0 heterocycles. The van der Waals surface area contributed by atoms with Gasteiger partial charge in [0.1, 0.15) is 5.82 Å². The number of rotatable bonds is 5. The van der Waals surface area contributed by atoms with Gasteiger partial charge in [0.2, 0.25) is 5.91 Å². The zero-order valence-electron chi connectivity index (χ0n) is 13.6. The average Bonchev–Trinajstić information content (AvgIpc) is 2.60. The number of hydrogen-bond donors (Lipinski definition) is 1. The first-order valence-corrected chi connectivity index (χ1v) is 7.49. The number of hydrogen-bond acceptors (Lipinski definition) is 2. The maximum absolute atomic E-state index is 12.8. The van der Waals surface area contributed by atoms with E-state index in [1.54, 1.807) is 49.3 Å². The zero-order valence-corrected chi connectivity index (χ0v) is 13.6. The number of nitrogens with one attached hydrogen (secondary N) is 1. The van der Waals surface area contributed by atoms with Crippen LogP contribution >= 0.6 is 0 Å². The molecule has 124 valence electrons. The fraction of sp³-hybridized carbons (Fsp3) is 0.158. The summed E-state index contributed by atoms with van der Waals surface area (Å²) in [5.41, 5.74) is 2.26. The standard InChI is InChI=1S/C19H19FN2O2/c1-21-19(24)16-8-3-15(4-9-16)13-22(2)18(23)12-7-14-5-10-17(20)11-6-14/h3-12H,13H2,1-2H3,(H,21,24). The Morgan fingerprint density at radius 1 is 1.08 bits per heavy atom. The van der Waals surface area contributed by atoms with Gasteiger partial charge in [0.25, 0.3) is 5.91 Å². The Labute approximate surface area is 140 Å². The molecule has 1 N–H and O–H groups in total. The van der Waals surface area contributed by atoms with Crippen molar-refractivity contribution in [1.82, 2.24) is 10.2 Å². The highest BCUT2D eigenvalue weighted by Crippen LogP contribution is 2.09. The van der Waals surface area contributed by atoms with Gasteiger partial charge in [-0.25, -0.2) is 4.39 Å². The van der Waals surface area contributed by atoms with Crippen molar-refractivity contribution in [1.29, 1.82) is 0 Å². The van der Waals surface area contributed by atoms with Crippen molar-refractivity contribution in [3.8, 4) is 0 Å². The molecule has 5 heteroatoms. The molecule has 24 heavy (non-hydrogen) atoms. The highest BCUT2D eigenvalue weighted by atomic mass is 19.1. The van der Waals surface area contributed by atoms with E-state index in [0.717, 1.165) is 11.1 Å². The van der Waals surface area contributed by atoms with Gasteiger partial charge in [0.15, 0.2) is 0 Å². The molecule has 0 saturated heterocycles. The third-order valence-electron chi connectivity index (χ3n) is 3.53. The number of carbonyl (C=O) groups excluding carboxylic acids is 2. The van der Waals surface area contributed by atoms with Gasteiger partial charge < -0.3 is 10.2 Å². The third kappa shape index (κ3) is 4.78. The Hall–Kier alpha value is -2.95. The van der Waals surface area contributed by atoms with E-state index in [0.29, 0.717) is 12.1 Å². The fourth-order valence-corrected chi connectivity index (χ4v) is 2.13. The molecule has 4 nitrogen and oxygen atoms in total. The number of halogens is 1. The van der Waals surface area contributed by atoms with Crippen LogP contribution in [0, 0.1) is 5.82 Å². The summed E-state index contributed by atoms with van der Waals surface area (Å²) in [6, 6.07) is 13.0. The summed E-state index contributed by atoms with van der Waals surface area (Å²) in [5, 5.41) is 2.56. The second kappa shape index (κ2) is 8.06. The minimum Gasteiger partial charge on any atom is -0.355 e. The molecular formula is C19H19FN2O2. The van der Waals surface area contributed by atoms with Crippen molar-refractivity contribution in [3.63, 3.8) is 0 Å². The van der Waals surface area contributed by atoms with E-state index in [1.807, 2.05) is 12.1 Å². The molecule has 0 bridgehead atoms. The molecule has 0 aliphatic carbocycles. The van der Waals surface area contributed by atoms with Crippen LogP contribution in [0.15, 0.2) is 54.6 Å². The molecule has 0 unspecified atom stereocenters. The number of carbonyl (C=O) groups is 2. The fourth-order valence-electron chi connectivity index (χ4n) is 2.13. The van der Waals surface area contributed by atoms with Crippen LogP contribution in [0.4, 0.5) is 4.39 Å². The second-order valence-corrected chi connectivity index (χ2v) is 5.36. The van der Waals surface area contributed by atoms with E-state index in [9.17, 15) is 14.0 Å². The Morgan fingerprint density at radius 3 is 2.29 bits per heavy atom. The monoisotopic (exact) mass is 326 g/mol. The number of benzene rings is 2. The van der Waals surface area contributed by atoms with Crippen molar-refractivity contribution in [2.45, 2.75) is 6.54 Å². The summed E-state index contributed by atoms with van der Waals surface area (Å²) in [7, 11) is 3.28. The predicted molar refractivity (Wildman–Crippen MR) is 91.7 cm³/mol. The first kappa shape index (κ1) is 17.4. The molecule has 2 aromatic rings. The summed E-state index contributed by atoms with van der Waals surface area (Å²) in [6.45, 7) is 0.431. The lowest BCUT2D eigenvalue weighted by molar-refractivity contribution is -0.125. The van der Waals surface area contributed by atoms with Crippen molar-refractivity contribution in [3.05, 3.63) is 77.1 Å². The molecular weight excluding hydrogens is 307 g/mol. The van der Waals surface area contributed by atoms with Gasteiger partial charge in [-0.1, -0.05) is 24.3 Å². The van der Waals surface area contributed by atoms with E-state index < -0.39 is 0 Å². The summed E-state index contributed by atoms with van der Waals surface area (Å²) < 4.78 is 12.8. The van der Waals surface area contributed by atoms with Crippen LogP contribution in [0.25, 0.3) is 6.08 Å². The predicted octanol–water partition coefficient (Wildman–Crippen LogP) is 2.86. The molecule has 0 spiro atoms. The summed E-state index contributed by atoms with van der Waals surface area (Å²) in [6.07, 6.45) is 3.10. The van der Waals surface area contributed by atoms with Gasteiger partial charge in [0, 0.05) is 32.3 Å². The van der Waals surface area contributed by atoms with Crippen LogP contribution in [-0.2, 0) is 11.3 Å². The summed E-state index contributed by atoms with van der Waals surface area (Å²) >= 11 is 0. The lowest BCUT2D eigenvalue weighted by Gasteiger charge is -2.15. The molecule has 2 aromatic carbocycles. The van der Waals surface area contributed by atoms with Gasteiger partial charge in [-0.15, -0.1) is 0 Å². The first-order chi connectivity index (χ1) is 11.5. The molecule has 0 aromatic heterocycles. The Morgan fingerprint density at radius 2 is 1.71 bits per heavy atom. The summed E-state index contributed by atoms with van der Waals surface area (Å²) in [4.78, 5) is 25.2. The molecule has 0 atom stereocenters. The molecule has 0 aliphatic heterocycles. The van der Waals surface area contributed by atoms with E-state index in [-0.39, 0.29) is 17.6 Å². The largest absolute Gasteiger partial charge is 0.355 e. The molecule has 0 saturated carbocycles. The number of amides is 2. The SMILES string of the molecule is CNC(=O)c1ccc(CN(C)C(=O)C=Cc2ccc(F)cc2)cc1. The zero-order chi connectivity index (χ0) is 17.5. The first-order valence-electron chi connectivity index (χ1n) is 7.49. The Balaban J connectivity index is 1.95. The quantitative estimate of drug-likeness (QED) is 0.859. The van der Waals surface area contributed by atoms with Gasteiger partial charge in [-0.2, -0.15) is 0 Å². The van der Waals surface area contributed by atoms with Crippen LogP contribution < -0.4 is 5.32 Å². The number of nitrogens with zero attached hydrogens (tertiary/aromatic N) is 1. The van der Waals surface area contributed by atoms with Crippen LogP contribution in [-0.4, -0.2) is 30.8 Å². The van der Waals surface area contributed by atoms with Crippen LogP contribution in [0.1, 0.15) is 21.5 Å². The van der Waals surface area contributed by atoms with Crippen molar-refractivity contribution in [2.75, 3.05) is 14.1 Å². The molecule has 2 rings (SSSR count). The summed E-state index contributed by atoms with van der Waals surface area (Å²) in [5.74, 6) is -0.612. The second-order valence-electron chi connectivity index (χ2n) is 5.36. The van der Waals surface area contributed by atoms with E-state index in [2.05, 4.69) is 5.32 Å². The van der Waals surface area contributed by atoms with Crippen LogP contribution in [0.3, 0.4) is 0 Å². The lowest BCUT2D eigenvalue weighted by Crippen LogP contribution is -2.24. The Kier molecular flexibility index (Phi) is 5.84. The molecule has 0 radical (unpaired) electrons. The van der Waals surface area contributed by atoms with Crippen molar-refractivity contribution >= 4 is 17.9 Å². The third-order valence-corrected chi connectivity index (χ3v) is 3.53. The minimum atomic E-state index is -0.309. The highest BCUT2D eigenvalue weighted by Gasteiger charge is 2.07. The molecule has 2 amide bonds. The van der Waals surface area contributed by atoms with Gasteiger partial charge >= 0.3 is 0 Å². The maximum Gasteiger partial charge on any atom is 0.251 e. The van der Waals surface area contributed by atoms with E-state index in [1.165, 1.54) is 18.2 Å². The van der Waals surface area contributed by atoms with Crippen LogP contribution in [0.5, 0.6) is 0 Å². The smallest absolute Gasteiger partial charge is 0.251 e. The minimum absolute atomic E-state index is 0.145. The van der Waals surface area contributed by atoms with Crippen LogP contribution in [0.2, 0.25) is 0 Å². The van der Waals surface area contributed by atoms with Crippen molar-refractivity contribution in [2.24, 2.45) is 0 Å². The van der Waals surface area contributed by atoms with E-state index >= 15 is 0 Å². The van der Waals surface area contributed by atoms with Crippen molar-refractivity contribution < 1.29 is 14.0 Å². The number of likely N-dealkylation sites (N-methyl/N-ethyl adjacent to an activating group) is 1. The normalized spacial score (nSPS) is 10.6. The highest BCUT2D eigenvalue weighted by molar-refractivity contribution is 5.94. The van der Waals surface area contributed by atoms with Gasteiger partial charge in [-0.3, -0.25) is 9.59 Å². The Bertz CT molecular complexity index is 737. The lowest BCUT2D eigenvalue weighted by atomic mass is 10.1.